The van der Waals surface area contributed by atoms with Gasteiger partial charge in [0.05, 0.1) is 33.9 Å². The summed E-state index contributed by atoms with van der Waals surface area (Å²) >= 11 is 1.51. The molecule has 1 aromatic carbocycles. The Bertz CT molecular complexity index is 956. The van der Waals surface area contributed by atoms with E-state index in [4.69, 9.17) is 14.2 Å². The van der Waals surface area contributed by atoms with Crippen molar-refractivity contribution in [2.45, 2.75) is 32.7 Å². The molecule has 2 aromatic rings. The van der Waals surface area contributed by atoms with Gasteiger partial charge in [0.2, 0.25) is 0 Å². The first kappa shape index (κ1) is 23.1. The van der Waals surface area contributed by atoms with Crippen LogP contribution in [0.1, 0.15) is 39.7 Å². The molecule has 1 amide bonds. The number of carbonyl (C=O) groups is 2. The second-order valence-corrected chi connectivity index (χ2v) is 9.20. The number of benzene rings is 1. The normalized spacial score (nSPS) is 16.2. The van der Waals surface area contributed by atoms with Crippen LogP contribution in [-0.4, -0.2) is 46.8 Å². The summed E-state index contributed by atoms with van der Waals surface area (Å²) < 4.78 is 15.6. The SMILES string of the molecule is COC(=O)c1c(NC(=O)C[NH+](C)Cc2ccc(OC)c(OC)c2)sc2c1CC[C@@H](C)C2. The Morgan fingerprint density at radius 2 is 1.94 bits per heavy atom. The maximum absolute atomic E-state index is 12.8. The van der Waals surface area contributed by atoms with E-state index in [0.717, 1.165) is 35.3 Å². The number of methoxy groups -OCH3 is 3. The van der Waals surface area contributed by atoms with E-state index < -0.39 is 0 Å². The van der Waals surface area contributed by atoms with Gasteiger partial charge < -0.3 is 24.4 Å². The van der Waals surface area contributed by atoms with E-state index in [0.29, 0.717) is 34.5 Å². The van der Waals surface area contributed by atoms with E-state index in [-0.39, 0.29) is 18.4 Å². The fourth-order valence-electron chi connectivity index (χ4n) is 4.00. The molecule has 168 valence electrons. The summed E-state index contributed by atoms with van der Waals surface area (Å²) in [5, 5.41) is 3.57. The molecule has 7 nitrogen and oxygen atoms in total. The number of hydrogen-bond acceptors (Lipinski definition) is 6. The fraction of sp³-hybridized carbons (Fsp3) is 0.478. The number of fused-ring (bicyclic) bond motifs is 1. The van der Waals surface area contributed by atoms with Crippen LogP contribution in [0.25, 0.3) is 0 Å². The van der Waals surface area contributed by atoms with Gasteiger partial charge in [-0.15, -0.1) is 11.3 Å². The van der Waals surface area contributed by atoms with E-state index >= 15 is 0 Å². The number of esters is 1. The third-order valence-electron chi connectivity index (χ3n) is 5.57. The lowest BCUT2D eigenvalue weighted by Gasteiger charge is -2.18. The van der Waals surface area contributed by atoms with Crippen LogP contribution in [0.5, 0.6) is 11.5 Å². The predicted octanol–water partition coefficient (Wildman–Crippen LogP) is 2.33. The van der Waals surface area contributed by atoms with Gasteiger partial charge in [-0.1, -0.05) is 6.92 Å². The lowest BCUT2D eigenvalue weighted by molar-refractivity contribution is -0.885. The van der Waals surface area contributed by atoms with Crippen LogP contribution in [0.2, 0.25) is 0 Å². The molecular weight excluding hydrogens is 416 g/mol. The molecular formula is C23H31N2O5S+. The molecule has 1 aromatic heterocycles. The van der Waals surface area contributed by atoms with Crippen molar-refractivity contribution < 1.29 is 28.7 Å². The molecule has 0 fully saturated rings. The highest BCUT2D eigenvalue weighted by atomic mass is 32.1. The van der Waals surface area contributed by atoms with E-state index in [2.05, 4.69) is 12.2 Å². The van der Waals surface area contributed by atoms with Crippen LogP contribution in [0.15, 0.2) is 18.2 Å². The van der Waals surface area contributed by atoms with Gasteiger partial charge in [-0.25, -0.2) is 4.79 Å². The zero-order chi connectivity index (χ0) is 22.5. The average molecular weight is 448 g/mol. The lowest BCUT2D eigenvalue weighted by atomic mass is 9.88. The number of amides is 1. The zero-order valence-corrected chi connectivity index (χ0v) is 19.6. The van der Waals surface area contributed by atoms with E-state index in [9.17, 15) is 9.59 Å². The fourth-order valence-corrected chi connectivity index (χ4v) is 5.42. The first-order valence-corrected chi connectivity index (χ1v) is 11.2. The maximum atomic E-state index is 12.8. The van der Waals surface area contributed by atoms with Gasteiger partial charge in [-0.3, -0.25) is 4.79 Å². The first-order valence-electron chi connectivity index (χ1n) is 10.4. The Morgan fingerprint density at radius 3 is 2.61 bits per heavy atom. The average Bonchev–Trinajstić information content (AvgIpc) is 3.09. The smallest absolute Gasteiger partial charge is 0.341 e. The van der Waals surface area contributed by atoms with Crippen LogP contribution in [0.4, 0.5) is 5.00 Å². The number of quaternary nitrogens is 1. The molecule has 31 heavy (non-hydrogen) atoms. The molecule has 0 spiro atoms. The Morgan fingerprint density at radius 1 is 1.19 bits per heavy atom. The van der Waals surface area contributed by atoms with Gasteiger partial charge in [0.1, 0.15) is 11.5 Å². The van der Waals surface area contributed by atoms with Gasteiger partial charge in [-0.2, -0.15) is 0 Å². The van der Waals surface area contributed by atoms with Crippen LogP contribution >= 0.6 is 11.3 Å². The molecule has 8 heteroatoms. The molecule has 1 heterocycles. The molecule has 3 rings (SSSR count). The number of likely N-dealkylation sites (N-methyl/N-ethyl adjacent to an activating group) is 1. The number of carbonyl (C=O) groups excluding carboxylic acids is 2. The van der Waals surface area contributed by atoms with Gasteiger partial charge in [0, 0.05) is 10.4 Å². The molecule has 1 aliphatic rings. The van der Waals surface area contributed by atoms with E-state index in [1.807, 2.05) is 25.2 Å². The standard InChI is InChI=1S/C23H30N2O5S/c1-14-6-8-16-19(10-14)31-22(21(16)23(27)30-5)24-20(26)13-25(2)12-15-7-9-17(28-3)18(11-15)29-4/h7,9,11,14H,6,8,10,12-13H2,1-5H3,(H,24,26)/p+1/t14-/m1/s1. The number of rotatable bonds is 8. The first-order chi connectivity index (χ1) is 14.9. The van der Waals surface area contributed by atoms with Crippen molar-refractivity contribution in [3.63, 3.8) is 0 Å². The van der Waals surface area contributed by atoms with Crippen molar-refractivity contribution in [1.82, 2.24) is 0 Å². The molecule has 0 radical (unpaired) electrons. The Kier molecular flexibility index (Phi) is 7.56. The Labute approximate surface area is 187 Å². The number of ether oxygens (including phenoxy) is 3. The molecule has 0 saturated carbocycles. The van der Waals surface area contributed by atoms with Gasteiger partial charge in [-0.05, 0) is 48.9 Å². The Balaban J connectivity index is 1.68. The Hall–Kier alpha value is -2.58. The largest absolute Gasteiger partial charge is 0.493 e. The monoisotopic (exact) mass is 447 g/mol. The summed E-state index contributed by atoms with van der Waals surface area (Å²) in [6, 6.07) is 5.75. The molecule has 1 unspecified atom stereocenters. The van der Waals surface area contributed by atoms with Gasteiger partial charge in [0.25, 0.3) is 5.91 Å². The van der Waals surface area contributed by atoms with Crippen LogP contribution in [0, 0.1) is 5.92 Å². The summed E-state index contributed by atoms with van der Waals surface area (Å²) in [7, 11) is 6.54. The second-order valence-electron chi connectivity index (χ2n) is 8.10. The summed E-state index contributed by atoms with van der Waals surface area (Å²) in [6.45, 7) is 3.13. The van der Waals surface area contributed by atoms with E-state index in [1.165, 1.54) is 23.3 Å². The summed E-state index contributed by atoms with van der Waals surface area (Å²) in [5.74, 6) is 1.41. The summed E-state index contributed by atoms with van der Waals surface area (Å²) in [4.78, 5) is 27.4. The minimum absolute atomic E-state index is 0.130. The molecule has 2 N–H and O–H groups in total. The molecule has 0 saturated heterocycles. The number of nitrogens with one attached hydrogen (secondary N) is 2. The number of anilines is 1. The third kappa shape index (κ3) is 5.37. The van der Waals surface area contributed by atoms with Crippen molar-refractivity contribution in [1.29, 1.82) is 0 Å². The minimum atomic E-state index is -0.381. The predicted molar refractivity (Wildman–Crippen MR) is 120 cm³/mol. The zero-order valence-electron chi connectivity index (χ0n) is 18.8. The van der Waals surface area contributed by atoms with Gasteiger partial charge >= 0.3 is 5.97 Å². The highest BCUT2D eigenvalue weighted by Gasteiger charge is 2.29. The van der Waals surface area contributed by atoms with Crippen LogP contribution in [0.3, 0.4) is 0 Å². The quantitative estimate of drug-likeness (QED) is 0.608. The molecule has 0 aliphatic heterocycles. The number of hydrogen-bond donors (Lipinski definition) is 2. The highest BCUT2D eigenvalue weighted by molar-refractivity contribution is 7.17. The van der Waals surface area contributed by atoms with Crippen LogP contribution < -0.4 is 19.7 Å². The van der Waals surface area contributed by atoms with Crippen molar-refractivity contribution in [2.24, 2.45) is 5.92 Å². The second kappa shape index (κ2) is 10.2. The van der Waals surface area contributed by atoms with Crippen molar-refractivity contribution in [2.75, 3.05) is 40.2 Å². The summed E-state index contributed by atoms with van der Waals surface area (Å²) in [6.07, 6.45) is 2.82. The highest BCUT2D eigenvalue weighted by Crippen LogP contribution is 2.40. The number of thiophene rings is 1. The van der Waals surface area contributed by atoms with Crippen LogP contribution in [-0.2, 0) is 28.9 Å². The van der Waals surface area contributed by atoms with E-state index in [1.54, 1.807) is 14.2 Å². The molecule has 2 atom stereocenters. The lowest BCUT2D eigenvalue weighted by Crippen LogP contribution is -3.08. The molecule has 1 aliphatic carbocycles. The minimum Gasteiger partial charge on any atom is -0.493 e. The van der Waals surface area contributed by atoms with Crippen molar-refractivity contribution in [3.8, 4) is 11.5 Å². The van der Waals surface area contributed by atoms with Crippen molar-refractivity contribution in [3.05, 3.63) is 39.8 Å². The van der Waals surface area contributed by atoms with Crippen molar-refractivity contribution >= 4 is 28.2 Å². The van der Waals surface area contributed by atoms with Gasteiger partial charge in [0.15, 0.2) is 18.0 Å². The summed E-state index contributed by atoms with van der Waals surface area (Å²) in [5.41, 5.74) is 2.61. The maximum Gasteiger partial charge on any atom is 0.341 e. The third-order valence-corrected chi connectivity index (χ3v) is 6.74. The molecule has 0 bridgehead atoms. The topological polar surface area (TPSA) is 78.3 Å².